The maximum atomic E-state index is 12.6. The fourth-order valence-electron chi connectivity index (χ4n) is 2.21. The Balaban J connectivity index is 2.01. The van der Waals surface area contributed by atoms with Crippen molar-refractivity contribution in [3.63, 3.8) is 0 Å². The summed E-state index contributed by atoms with van der Waals surface area (Å²) in [5.74, 6) is -0.211. The van der Waals surface area contributed by atoms with Gasteiger partial charge in [0, 0.05) is 9.86 Å². The molecule has 0 fully saturated rings. The zero-order valence-corrected chi connectivity index (χ0v) is 15.0. The van der Waals surface area contributed by atoms with Crippen molar-refractivity contribution in [2.45, 2.75) is 6.92 Å². The summed E-state index contributed by atoms with van der Waals surface area (Å²) >= 11 is 4.56. The van der Waals surface area contributed by atoms with Gasteiger partial charge in [-0.15, -0.1) is 11.3 Å². The highest BCUT2D eigenvalue weighted by Gasteiger charge is 2.19. The molecule has 0 bridgehead atoms. The van der Waals surface area contributed by atoms with Gasteiger partial charge in [-0.05, 0) is 46.6 Å². The quantitative estimate of drug-likeness (QED) is 0.605. The van der Waals surface area contributed by atoms with E-state index in [-0.39, 0.29) is 17.3 Å². The number of halogens is 1. The van der Waals surface area contributed by atoms with Gasteiger partial charge in [-0.2, -0.15) is 5.26 Å². The van der Waals surface area contributed by atoms with Crippen LogP contribution in [0, 0.1) is 18.3 Å². The molecular formula is C16H12BrN5OS. The fourth-order valence-corrected chi connectivity index (χ4v) is 3.79. The van der Waals surface area contributed by atoms with Gasteiger partial charge in [0.1, 0.15) is 21.6 Å². The molecule has 0 unspecified atom stereocenters. The Morgan fingerprint density at radius 1 is 1.38 bits per heavy atom. The molecule has 0 aliphatic rings. The third kappa shape index (κ3) is 2.79. The number of thiophene rings is 1. The lowest BCUT2D eigenvalue weighted by Gasteiger charge is -2.07. The zero-order chi connectivity index (χ0) is 17.4. The molecule has 1 amide bonds. The van der Waals surface area contributed by atoms with Gasteiger partial charge in [0.15, 0.2) is 0 Å². The molecule has 0 aliphatic heterocycles. The van der Waals surface area contributed by atoms with Crippen molar-refractivity contribution in [3.05, 3.63) is 44.7 Å². The van der Waals surface area contributed by atoms with Gasteiger partial charge in [-0.1, -0.05) is 6.07 Å². The molecular weight excluding hydrogens is 390 g/mol. The molecule has 8 heteroatoms. The van der Waals surface area contributed by atoms with Crippen LogP contribution in [-0.4, -0.2) is 10.9 Å². The van der Waals surface area contributed by atoms with Gasteiger partial charge in [0.2, 0.25) is 0 Å². The average Bonchev–Trinajstić information content (AvgIpc) is 2.85. The van der Waals surface area contributed by atoms with Crippen LogP contribution in [-0.2, 0) is 0 Å². The predicted molar refractivity (Wildman–Crippen MR) is 100.0 cm³/mol. The Morgan fingerprint density at radius 3 is 2.79 bits per heavy atom. The lowest BCUT2D eigenvalue weighted by atomic mass is 10.2. The number of pyridine rings is 1. The second-order valence-electron chi connectivity index (χ2n) is 5.17. The van der Waals surface area contributed by atoms with Crippen LogP contribution >= 0.6 is 27.3 Å². The third-order valence-electron chi connectivity index (χ3n) is 3.45. The maximum Gasteiger partial charge on any atom is 0.267 e. The van der Waals surface area contributed by atoms with Gasteiger partial charge in [0.05, 0.1) is 16.9 Å². The first-order valence-corrected chi connectivity index (χ1v) is 8.47. The second kappa shape index (κ2) is 6.11. The normalized spacial score (nSPS) is 10.5. The Kier molecular flexibility index (Phi) is 4.13. The van der Waals surface area contributed by atoms with E-state index in [1.807, 2.05) is 31.2 Å². The van der Waals surface area contributed by atoms with Crippen LogP contribution in [0.15, 0.2) is 28.7 Å². The number of nitrogens with one attached hydrogen (secondary N) is 1. The van der Waals surface area contributed by atoms with Crippen LogP contribution in [0.5, 0.6) is 0 Å². The number of hydrogen-bond acceptors (Lipinski definition) is 6. The second-order valence-corrected chi connectivity index (χ2v) is 7.02. The number of aromatic nitrogens is 1. The van der Waals surface area contributed by atoms with Crippen molar-refractivity contribution in [1.82, 2.24) is 4.98 Å². The first-order chi connectivity index (χ1) is 11.4. The van der Waals surface area contributed by atoms with Crippen LogP contribution in [0.25, 0.3) is 10.2 Å². The minimum atomic E-state index is -0.336. The molecule has 0 spiro atoms. The van der Waals surface area contributed by atoms with Crippen LogP contribution < -0.4 is 16.8 Å². The van der Waals surface area contributed by atoms with E-state index in [4.69, 9.17) is 16.7 Å². The van der Waals surface area contributed by atoms with E-state index in [9.17, 15) is 4.79 Å². The summed E-state index contributed by atoms with van der Waals surface area (Å²) in [6.45, 7) is 1.96. The van der Waals surface area contributed by atoms with Crippen molar-refractivity contribution in [2.24, 2.45) is 0 Å². The highest BCUT2D eigenvalue weighted by Crippen LogP contribution is 2.35. The molecule has 1 aromatic carbocycles. The number of hydrogen-bond donors (Lipinski definition) is 3. The fraction of sp³-hybridized carbons (Fsp3) is 0.0625. The topological polar surface area (TPSA) is 118 Å². The summed E-state index contributed by atoms with van der Waals surface area (Å²) < 4.78 is 0.782. The van der Waals surface area contributed by atoms with Crippen LogP contribution in [0.2, 0.25) is 0 Å². The smallest absolute Gasteiger partial charge is 0.267 e. The molecule has 2 heterocycles. The minimum absolute atomic E-state index is 0.125. The maximum absolute atomic E-state index is 12.6. The van der Waals surface area contributed by atoms with Gasteiger partial charge in [-0.3, -0.25) is 4.79 Å². The number of nitrogen functional groups attached to an aromatic ring is 2. The number of benzene rings is 1. The number of nitrogens with zero attached hydrogens (tertiary/aromatic N) is 2. The SMILES string of the molecule is Cc1ccc(NC(=O)c2sc3nc(N)c(C#N)cc3c2N)c(Br)c1. The number of fused-ring (bicyclic) bond motifs is 1. The summed E-state index contributed by atoms with van der Waals surface area (Å²) in [4.78, 5) is 17.6. The molecule has 2 aromatic heterocycles. The summed E-state index contributed by atoms with van der Waals surface area (Å²) in [6, 6.07) is 9.14. The lowest BCUT2D eigenvalue weighted by Crippen LogP contribution is -2.12. The molecule has 3 rings (SSSR count). The molecule has 3 aromatic rings. The molecule has 0 saturated carbocycles. The lowest BCUT2D eigenvalue weighted by molar-refractivity contribution is 0.103. The Morgan fingerprint density at radius 2 is 2.12 bits per heavy atom. The van der Waals surface area contributed by atoms with Crippen molar-refractivity contribution < 1.29 is 4.79 Å². The van der Waals surface area contributed by atoms with Crippen LogP contribution in [0.1, 0.15) is 20.8 Å². The highest BCUT2D eigenvalue weighted by atomic mass is 79.9. The van der Waals surface area contributed by atoms with E-state index in [1.165, 1.54) is 0 Å². The van der Waals surface area contributed by atoms with E-state index in [1.54, 1.807) is 6.07 Å². The van der Waals surface area contributed by atoms with E-state index in [0.29, 0.717) is 26.5 Å². The van der Waals surface area contributed by atoms with Crippen molar-refractivity contribution >= 4 is 60.6 Å². The molecule has 0 aliphatic carbocycles. The van der Waals surface area contributed by atoms with Crippen LogP contribution in [0.4, 0.5) is 17.2 Å². The van der Waals surface area contributed by atoms with Gasteiger partial charge >= 0.3 is 0 Å². The zero-order valence-electron chi connectivity index (χ0n) is 12.6. The molecule has 0 radical (unpaired) electrons. The highest BCUT2D eigenvalue weighted by molar-refractivity contribution is 9.10. The number of aryl methyl sites for hydroxylation is 1. The Hall–Kier alpha value is -2.63. The largest absolute Gasteiger partial charge is 0.397 e. The molecule has 120 valence electrons. The van der Waals surface area contributed by atoms with Gasteiger partial charge in [0.25, 0.3) is 5.91 Å². The standard InChI is InChI=1S/C16H12BrN5OS/c1-7-2-3-11(10(17)4-7)21-15(23)13-12(19)9-5-8(6-18)14(20)22-16(9)24-13/h2-5H,19H2,1H3,(H2,20,22)(H,21,23). The molecule has 24 heavy (non-hydrogen) atoms. The minimum Gasteiger partial charge on any atom is -0.397 e. The Bertz CT molecular complexity index is 1020. The monoisotopic (exact) mass is 401 g/mol. The first kappa shape index (κ1) is 16.2. The van der Waals surface area contributed by atoms with E-state index < -0.39 is 0 Å². The predicted octanol–water partition coefficient (Wildman–Crippen LogP) is 3.66. The number of nitriles is 1. The molecule has 0 atom stereocenters. The first-order valence-electron chi connectivity index (χ1n) is 6.86. The molecule has 6 nitrogen and oxygen atoms in total. The molecule has 0 saturated heterocycles. The number of rotatable bonds is 2. The van der Waals surface area contributed by atoms with Crippen molar-refractivity contribution in [2.75, 3.05) is 16.8 Å². The van der Waals surface area contributed by atoms with Gasteiger partial charge in [-0.25, -0.2) is 4.98 Å². The van der Waals surface area contributed by atoms with Gasteiger partial charge < -0.3 is 16.8 Å². The average molecular weight is 402 g/mol. The van der Waals surface area contributed by atoms with Crippen molar-refractivity contribution in [1.29, 1.82) is 5.26 Å². The summed E-state index contributed by atoms with van der Waals surface area (Å²) in [7, 11) is 0. The third-order valence-corrected chi connectivity index (χ3v) is 5.22. The summed E-state index contributed by atoms with van der Waals surface area (Å²) in [6.07, 6.45) is 0. The van der Waals surface area contributed by atoms with Crippen LogP contribution in [0.3, 0.4) is 0 Å². The Labute approximate surface area is 150 Å². The van der Waals surface area contributed by atoms with E-state index in [0.717, 1.165) is 21.4 Å². The number of anilines is 3. The summed E-state index contributed by atoms with van der Waals surface area (Å²) in [5.41, 5.74) is 14.0. The summed E-state index contributed by atoms with van der Waals surface area (Å²) in [5, 5.41) is 12.4. The molecule has 5 N–H and O–H groups in total. The van der Waals surface area contributed by atoms with Crippen molar-refractivity contribution in [3.8, 4) is 6.07 Å². The number of carbonyl (C=O) groups is 1. The number of nitrogens with two attached hydrogens (primary N) is 2. The number of amides is 1. The number of carbonyl (C=O) groups excluding carboxylic acids is 1. The van der Waals surface area contributed by atoms with E-state index >= 15 is 0 Å². The van der Waals surface area contributed by atoms with E-state index in [2.05, 4.69) is 26.2 Å².